The number of rotatable bonds is 8. The third-order valence-corrected chi connectivity index (χ3v) is 4.75. The van der Waals surface area contributed by atoms with E-state index in [0.717, 1.165) is 38.9 Å². The highest BCUT2D eigenvalue weighted by atomic mass is 16.5. The molecule has 1 rings (SSSR count). The van der Waals surface area contributed by atoms with Crippen LogP contribution in [-0.4, -0.2) is 49.2 Å². The Labute approximate surface area is 124 Å². The Bertz CT molecular complexity index is 309. The Hall–Kier alpha value is -0.610. The van der Waals surface area contributed by atoms with Gasteiger partial charge >= 0.3 is 5.97 Å². The van der Waals surface area contributed by atoms with E-state index in [9.17, 15) is 4.79 Å². The van der Waals surface area contributed by atoms with Gasteiger partial charge in [-0.25, -0.2) is 0 Å². The number of carbonyl (C=O) groups excluding carboxylic acids is 1. The first kappa shape index (κ1) is 17.4. The number of hydrogen-bond acceptors (Lipinski definition) is 4. The van der Waals surface area contributed by atoms with Gasteiger partial charge in [0.2, 0.25) is 0 Å². The minimum absolute atomic E-state index is 0.0959. The lowest BCUT2D eigenvalue weighted by molar-refractivity contribution is -0.148. The van der Waals surface area contributed by atoms with E-state index in [0.29, 0.717) is 12.0 Å². The molecule has 1 N–H and O–H groups in total. The van der Waals surface area contributed by atoms with E-state index in [1.54, 1.807) is 0 Å². The van der Waals surface area contributed by atoms with Crippen molar-refractivity contribution in [1.82, 2.24) is 10.2 Å². The van der Waals surface area contributed by atoms with Crippen LogP contribution in [0.2, 0.25) is 0 Å². The van der Waals surface area contributed by atoms with Crippen LogP contribution in [0.3, 0.4) is 0 Å². The van der Waals surface area contributed by atoms with E-state index < -0.39 is 5.54 Å². The fourth-order valence-electron chi connectivity index (χ4n) is 3.35. The lowest BCUT2D eigenvalue weighted by Crippen LogP contribution is -2.52. The van der Waals surface area contributed by atoms with Crippen LogP contribution in [0.5, 0.6) is 0 Å². The molecule has 4 heteroatoms. The summed E-state index contributed by atoms with van der Waals surface area (Å²) in [5, 5.41) is 3.38. The number of esters is 1. The summed E-state index contributed by atoms with van der Waals surface area (Å²) in [4.78, 5) is 14.7. The van der Waals surface area contributed by atoms with E-state index in [2.05, 4.69) is 37.9 Å². The van der Waals surface area contributed by atoms with Gasteiger partial charge in [-0.05, 0) is 38.3 Å². The predicted molar refractivity (Wildman–Crippen MR) is 82.8 cm³/mol. The Balaban J connectivity index is 2.73. The molecule has 0 bridgehead atoms. The van der Waals surface area contributed by atoms with Crippen LogP contribution in [0.15, 0.2) is 0 Å². The second kappa shape index (κ2) is 7.99. The molecule has 0 amide bonds. The maximum Gasteiger partial charge on any atom is 0.326 e. The highest BCUT2D eigenvalue weighted by Gasteiger charge is 2.47. The van der Waals surface area contributed by atoms with E-state index in [-0.39, 0.29) is 5.97 Å². The van der Waals surface area contributed by atoms with Crippen molar-refractivity contribution in [3.63, 3.8) is 0 Å². The summed E-state index contributed by atoms with van der Waals surface area (Å²) in [5.74, 6) is 0.614. The molecule has 1 aliphatic carbocycles. The average molecular weight is 284 g/mol. The van der Waals surface area contributed by atoms with Crippen LogP contribution in [0.25, 0.3) is 0 Å². The fourth-order valence-corrected chi connectivity index (χ4v) is 3.35. The van der Waals surface area contributed by atoms with Crippen LogP contribution in [0, 0.1) is 5.92 Å². The second-order valence-electron chi connectivity index (χ2n) is 6.10. The summed E-state index contributed by atoms with van der Waals surface area (Å²) >= 11 is 0. The molecule has 3 atom stereocenters. The molecule has 1 aliphatic rings. The van der Waals surface area contributed by atoms with E-state index in [1.165, 1.54) is 13.5 Å². The molecule has 1 saturated carbocycles. The van der Waals surface area contributed by atoms with Gasteiger partial charge in [-0.15, -0.1) is 0 Å². The minimum Gasteiger partial charge on any atom is -0.468 e. The van der Waals surface area contributed by atoms with E-state index >= 15 is 0 Å². The Kier molecular flexibility index (Phi) is 6.96. The molecule has 1 fully saturated rings. The standard InChI is InChI=1S/C16H32N2O2/c1-6-13(4)12-18(8-3)14-9-10-16(11-14,17-7-2)15(19)20-5/h13-14,17H,6-12H2,1-5H3. The summed E-state index contributed by atoms with van der Waals surface area (Å²) in [6.45, 7) is 11.8. The highest BCUT2D eigenvalue weighted by Crippen LogP contribution is 2.34. The maximum atomic E-state index is 12.2. The zero-order valence-corrected chi connectivity index (χ0v) is 13.9. The molecule has 0 aliphatic heterocycles. The van der Waals surface area contributed by atoms with Crippen LogP contribution in [0.1, 0.15) is 53.4 Å². The molecule has 0 heterocycles. The summed E-state index contributed by atoms with van der Waals surface area (Å²) in [6, 6.07) is 0.493. The predicted octanol–water partition coefficient (Wildman–Crippen LogP) is 2.43. The van der Waals surface area contributed by atoms with Gasteiger partial charge in [-0.2, -0.15) is 0 Å². The van der Waals surface area contributed by atoms with Crippen molar-refractivity contribution in [2.75, 3.05) is 26.7 Å². The van der Waals surface area contributed by atoms with Gasteiger partial charge in [0, 0.05) is 12.6 Å². The number of carbonyl (C=O) groups is 1. The highest BCUT2D eigenvalue weighted by molar-refractivity contribution is 5.81. The van der Waals surface area contributed by atoms with Crippen LogP contribution in [-0.2, 0) is 9.53 Å². The number of likely N-dealkylation sites (N-methyl/N-ethyl adjacent to an activating group) is 1. The number of hydrogen-bond donors (Lipinski definition) is 1. The number of ether oxygens (including phenoxy) is 1. The van der Waals surface area contributed by atoms with Crippen molar-refractivity contribution in [2.45, 2.75) is 65.0 Å². The smallest absolute Gasteiger partial charge is 0.326 e. The van der Waals surface area contributed by atoms with Gasteiger partial charge in [-0.3, -0.25) is 4.79 Å². The van der Waals surface area contributed by atoms with Crippen molar-refractivity contribution in [1.29, 1.82) is 0 Å². The van der Waals surface area contributed by atoms with Crippen LogP contribution in [0.4, 0.5) is 0 Å². The minimum atomic E-state index is -0.461. The molecular formula is C16H32N2O2. The van der Waals surface area contributed by atoms with E-state index in [4.69, 9.17) is 4.74 Å². The summed E-state index contributed by atoms with van der Waals surface area (Å²) in [7, 11) is 1.49. The Morgan fingerprint density at radius 3 is 2.65 bits per heavy atom. The number of nitrogens with zero attached hydrogens (tertiary/aromatic N) is 1. The van der Waals surface area contributed by atoms with Gasteiger partial charge in [0.05, 0.1) is 7.11 Å². The molecule has 118 valence electrons. The Morgan fingerprint density at radius 1 is 1.45 bits per heavy atom. The van der Waals surface area contributed by atoms with Crippen molar-refractivity contribution in [3.05, 3.63) is 0 Å². The van der Waals surface area contributed by atoms with Gasteiger partial charge < -0.3 is 15.0 Å². The molecule has 0 aromatic carbocycles. The van der Waals surface area contributed by atoms with Crippen molar-refractivity contribution >= 4 is 5.97 Å². The van der Waals surface area contributed by atoms with Crippen molar-refractivity contribution in [2.24, 2.45) is 5.92 Å². The molecule has 0 radical (unpaired) electrons. The number of nitrogens with one attached hydrogen (secondary N) is 1. The van der Waals surface area contributed by atoms with Gasteiger partial charge in [-0.1, -0.05) is 34.1 Å². The normalized spacial score (nSPS) is 27.8. The first-order valence-electron chi connectivity index (χ1n) is 8.10. The first-order chi connectivity index (χ1) is 9.52. The van der Waals surface area contributed by atoms with Crippen LogP contribution < -0.4 is 5.32 Å². The molecule has 3 unspecified atom stereocenters. The van der Waals surface area contributed by atoms with Crippen molar-refractivity contribution in [3.8, 4) is 0 Å². The topological polar surface area (TPSA) is 41.6 Å². The SMILES string of the molecule is CCNC1(C(=O)OC)CCC(N(CC)CC(C)CC)C1. The molecule has 20 heavy (non-hydrogen) atoms. The lowest BCUT2D eigenvalue weighted by Gasteiger charge is -2.32. The first-order valence-corrected chi connectivity index (χ1v) is 8.10. The zero-order chi connectivity index (χ0) is 15.2. The third-order valence-electron chi connectivity index (χ3n) is 4.75. The quantitative estimate of drug-likeness (QED) is 0.695. The molecular weight excluding hydrogens is 252 g/mol. The van der Waals surface area contributed by atoms with Gasteiger partial charge in [0.25, 0.3) is 0 Å². The van der Waals surface area contributed by atoms with E-state index in [1.807, 2.05) is 0 Å². The molecule has 0 spiro atoms. The zero-order valence-electron chi connectivity index (χ0n) is 13.9. The van der Waals surface area contributed by atoms with Crippen LogP contribution >= 0.6 is 0 Å². The maximum absolute atomic E-state index is 12.2. The third kappa shape index (κ3) is 3.95. The molecule has 4 nitrogen and oxygen atoms in total. The molecule has 0 aromatic heterocycles. The summed E-state index contributed by atoms with van der Waals surface area (Å²) in [6.07, 6.45) is 4.04. The van der Waals surface area contributed by atoms with Gasteiger partial charge in [0.15, 0.2) is 0 Å². The Morgan fingerprint density at radius 2 is 2.15 bits per heavy atom. The lowest BCUT2D eigenvalue weighted by atomic mass is 9.97. The average Bonchev–Trinajstić information content (AvgIpc) is 2.89. The second-order valence-corrected chi connectivity index (χ2v) is 6.10. The fraction of sp³-hybridized carbons (Fsp3) is 0.938. The van der Waals surface area contributed by atoms with Gasteiger partial charge in [0.1, 0.15) is 5.54 Å². The monoisotopic (exact) mass is 284 g/mol. The number of methoxy groups -OCH3 is 1. The molecule has 0 saturated heterocycles. The molecule has 0 aromatic rings. The van der Waals surface area contributed by atoms with Crippen molar-refractivity contribution < 1.29 is 9.53 Å². The summed E-state index contributed by atoms with van der Waals surface area (Å²) in [5.41, 5.74) is -0.461. The largest absolute Gasteiger partial charge is 0.468 e. The summed E-state index contributed by atoms with van der Waals surface area (Å²) < 4.78 is 5.03.